The van der Waals surface area contributed by atoms with E-state index in [0.29, 0.717) is 18.1 Å². The van der Waals surface area contributed by atoms with Crippen molar-refractivity contribution in [1.29, 1.82) is 0 Å². The average Bonchev–Trinajstić information content (AvgIpc) is 3.45. The van der Waals surface area contributed by atoms with E-state index in [9.17, 15) is 4.79 Å². The minimum atomic E-state index is -0.399. The number of nitrogens with one attached hydrogen (secondary N) is 2. The number of hydrogen-bond acceptors (Lipinski definition) is 5. The van der Waals surface area contributed by atoms with Crippen LogP contribution in [0.15, 0.2) is 84.9 Å². The number of carbonyl (C=O) groups excluding carboxylic acids is 1. The van der Waals surface area contributed by atoms with Crippen molar-refractivity contribution >= 4 is 22.8 Å². The summed E-state index contributed by atoms with van der Waals surface area (Å²) in [6, 6.07) is 27.3. The number of hydrogen-bond donors (Lipinski definition) is 2. The maximum atomic E-state index is 13.4. The van der Waals surface area contributed by atoms with E-state index in [0.717, 1.165) is 22.2 Å². The molecule has 2 aromatic heterocycles. The van der Waals surface area contributed by atoms with Gasteiger partial charge in [-0.05, 0) is 35.0 Å². The Kier molecular flexibility index (Phi) is 4.86. The van der Waals surface area contributed by atoms with Crippen LogP contribution in [0.4, 0.5) is 5.95 Å². The van der Waals surface area contributed by atoms with Crippen LogP contribution in [0.1, 0.15) is 16.1 Å². The molecule has 0 aliphatic carbocycles. The minimum Gasteiger partial charge on any atom is -0.486 e. The van der Waals surface area contributed by atoms with Crippen molar-refractivity contribution < 1.29 is 9.53 Å². The van der Waals surface area contributed by atoms with Gasteiger partial charge in [-0.1, -0.05) is 65.8 Å². The molecule has 31 heavy (non-hydrogen) atoms. The molecule has 0 aliphatic heterocycles. The van der Waals surface area contributed by atoms with Gasteiger partial charge in [0.1, 0.15) is 6.61 Å². The van der Waals surface area contributed by atoms with E-state index in [2.05, 4.69) is 25.9 Å². The van der Waals surface area contributed by atoms with Crippen LogP contribution in [-0.4, -0.2) is 31.1 Å². The van der Waals surface area contributed by atoms with E-state index in [1.165, 1.54) is 0 Å². The lowest BCUT2D eigenvalue weighted by molar-refractivity contribution is 0.101. The van der Waals surface area contributed by atoms with Gasteiger partial charge in [-0.25, -0.2) is 0 Å². The lowest BCUT2D eigenvalue weighted by Gasteiger charge is -2.12. The van der Waals surface area contributed by atoms with Crippen molar-refractivity contribution in [3.05, 3.63) is 96.2 Å². The van der Waals surface area contributed by atoms with E-state index < -0.39 is 5.91 Å². The SMILES string of the molecule is O=C(Nc1nn[nH]n1)c1c(OCc2ccccc2)c2ccccc2n1-c1ccccc1. The van der Waals surface area contributed by atoms with Gasteiger partial charge >= 0.3 is 0 Å². The maximum absolute atomic E-state index is 13.4. The van der Waals surface area contributed by atoms with E-state index in [1.807, 2.05) is 89.5 Å². The fourth-order valence-corrected chi connectivity index (χ4v) is 3.51. The number of carbonyl (C=O) groups is 1. The second-order valence-electron chi connectivity index (χ2n) is 6.83. The van der Waals surface area contributed by atoms with Crippen LogP contribution in [0.25, 0.3) is 16.6 Å². The standard InChI is InChI=1S/C23H18N6O2/c30-22(24-23-25-27-28-26-23)20-21(31-15-16-9-3-1-4-10-16)18-13-7-8-14-19(18)29(20)17-11-5-2-6-12-17/h1-14H,15H2,(H2,24,25,26,27,28,30). The number of fused-ring (bicyclic) bond motifs is 1. The fourth-order valence-electron chi connectivity index (χ4n) is 3.51. The molecular weight excluding hydrogens is 392 g/mol. The predicted molar refractivity (Wildman–Crippen MR) is 116 cm³/mol. The highest BCUT2D eigenvalue weighted by Gasteiger charge is 2.26. The monoisotopic (exact) mass is 410 g/mol. The van der Waals surface area contributed by atoms with Crippen molar-refractivity contribution in [1.82, 2.24) is 25.2 Å². The Bertz CT molecular complexity index is 1310. The van der Waals surface area contributed by atoms with Crippen LogP contribution < -0.4 is 10.1 Å². The summed E-state index contributed by atoms with van der Waals surface area (Å²) < 4.78 is 8.11. The molecule has 0 unspecified atom stereocenters. The first-order chi connectivity index (χ1) is 15.3. The summed E-state index contributed by atoms with van der Waals surface area (Å²) in [6.45, 7) is 0.326. The molecule has 2 N–H and O–H groups in total. The van der Waals surface area contributed by atoms with Crippen LogP contribution in [-0.2, 0) is 6.61 Å². The van der Waals surface area contributed by atoms with E-state index in [-0.39, 0.29) is 5.95 Å². The van der Waals surface area contributed by atoms with Crippen molar-refractivity contribution in [2.45, 2.75) is 6.61 Å². The number of nitrogens with zero attached hydrogens (tertiary/aromatic N) is 4. The summed E-state index contributed by atoms with van der Waals surface area (Å²) in [5.74, 6) is 0.178. The first-order valence-corrected chi connectivity index (χ1v) is 9.71. The number of tetrazole rings is 1. The van der Waals surface area contributed by atoms with Crippen molar-refractivity contribution in [3.8, 4) is 11.4 Å². The molecule has 8 heteroatoms. The highest BCUT2D eigenvalue weighted by Crippen LogP contribution is 2.36. The highest BCUT2D eigenvalue weighted by atomic mass is 16.5. The molecule has 0 saturated carbocycles. The summed E-state index contributed by atoms with van der Waals surface area (Å²) in [6.07, 6.45) is 0. The Balaban J connectivity index is 1.67. The number of para-hydroxylation sites is 2. The maximum Gasteiger partial charge on any atom is 0.279 e. The number of aromatic amines is 1. The zero-order chi connectivity index (χ0) is 21.0. The molecule has 5 rings (SSSR count). The van der Waals surface area contributed by atoms with Gasteiger partial charge in [0.2, 0.25) is 0 Å². The summed E-state index contributed by atoms with van der Waals surface area (Å²) in [5.41, 5.74) is 3.05. The molecule has 0 spiro atoms. The van der Waals surface area contributed by atoms with Crippen molar-refractivity contribution in [2.24, 2.45) is 0 Å². The van der Waals surface area contributed by atoms with E-state index in [4.69, 9.17) is 4.74 Å². The lowest BCUT2D eigenvalue weighted by atomic mass is 10.2. The number of ether oxygens (including phenoxy) is 1. The van der Waals surface area contributed by atoms with Crippen LogP contribution in [0.2, 0.25) is 0 Å². The smallest absolute Gasteiger partial charge is 0.279 e. The zero-order valence-corrected chi connectivity index (χ0v) is 16.4. The van der Waals surface area contributed by atoms with E-state index in [1.54, 1.807) is 0 Å². The molecule has 0 bridgehead atoms. The van der Waals surface area contributed by atoms with Gasteiger partial charge in [0.05, 0.1) is 5.52 Å². The van der Waals surface area contributed by atoms with Gasteiger partial charge in [0.15, 0.2) is 11.4 Å². The molecule has 0 atom stereocenters. The minimum absolute atomic E-state index is 0.0869. The summed E-state index contributed by atoms with van der Waals surface area (Å²) in [7, 11) is 0. The first kappa shape index (κ1) is 18.6. The molecule has 0 fully saturated rings. The predicted octanol–water partition coefficient (Wildman–Crippen LogP) is 3.97. The second-order valence-corrected chi connectivity index (χ2v) is 6.83. The van der Waals surface area contributed by atoms with Gasteiger partial charge in [-0.3, -0.25) is 10.1 Å². The second kappa shape index (κ2) is 8.11. The summed E-state index contributed by atoms with van der Waals surface area (Å²) in [5, 5.41) is 17.0. The quantitative estimate of drug-likeness (QED) is 0.441. The Morgan fingerprint density at radius 1 is 0.935 bits per heavy atom. The molecule has 8 nitrogen and oxygen atoms in total. The number of H-pyrrole nitrogens is 1. The van der Waals surface area contributed by atoms with Gasteiger partial charge < -0.3 is 9.30 Å². The Morgan fingerprint density at radius 2 is 1.65 bits per heavy atom. The van der Waals surface area contributed by atoms with Crippen LogP contribution in [0, 0.1) is 0 Å². The third kappa shape index (κ3) is 3.62. The molecule has 0 radical (unpaired) electrons. The Labute approximate surface area is 177 Å². The summed E-state index contributed by atoms with van der Waals surface area (Å²) >= 11 is 0. The molecule has 0 saturated heterocycles. The topological polar surface area (TPSA) is 97.7 Å². The van der Waals surface area contributed by atoms with Crippen molar-refractivity contribution in [2.75, 3.05) is 5.32 Å². The third-order valence-corrected chi connectivity index (χ3v) is 4.85. The number of benzene rings is 3. The largest absolute Gasteiger partial charge is 0.486 e. The fraction of sp³-hybridized carbons (Fsp3) is 0.0435. The lowest BCUT2D eigenvalue weighted by Crippen LogP contribution is -2.18. The van der Waals surface area contributed by atoms with Gasteiger partial charge in [-0.15, -0.1) is 5.10 Å². The van der Waals surface area contributed by atoms with Crippen LogP contribution in [0.5, 0.6) is 5.75 Å². The van der Waals surface area contributed by atoms with Gasteiger partial charge in [0, 0.05) is 11.1 Å². The number of aromatic nitrogens is 5. The van der Waals surface area contributed by atoms with E-state index >= 15 is 0 Å². The van der Waals surface area contributed by atoms with Gasteiger partial charge in [-0.2, -0.15) is 5.21 Å². The Morgan fingerprint density at radius 3 is 2.39 bits per heavy atom. The van der Waals surface area contributed by atoms with Gasteiger partial charge in [0.25, 0.3) is 11.9 Å². The molecule has 0 aliphatic rings. The Hall–Kier alpha value is -4.46. The molecule has 2 heterocycles. The number of anilines is 1. The molecular formula is C23H18N6O2. The average molecular weight is 410 g/mol. The summed E-state index contributed by atoms with van der Waals surface area (Å²) in [4.78, 5) is 13.4. The first-order valence-electron chi connectivity index (χ1n) is 9.71. The third-order valence-electron chi connectivity index (χ3n) is 4.85. The molecule has 152 valence electrons. The molecule has 1 amide bonds. The highest BCUT2D eigenvalue weighted by molar-refractivity contribution is 6.10. The van der Waals surface area contributed by atoms with Crippen LogP contribution in [0.3, 0.4) is 0 Å². The number of rotatable bonds is 6. The molecule has 5 aromatic rings. The zero-order valence-electron chi connectivity index (χ0n) is 16.4. The number of amides is 1. The van der Waals surface area contributed by atoms with Crippen LogP contribution >= 0.6 is 0 Å². The normalized spacial score (nSPS) is 10.8. The van der Waals surface area contributed by atoms with Crippen molar-refractivity contribution in [3.63, 3.8) is 0 Å². The molecule has 3 aromatic carbocycles.